The van der Waals surface area contributed by atoms with Crippen LogP contribution in [0.4, 0.5) is 18.9 Å². The minimum Gasteiger partial charge on any atom is -0.397 e. The van der Waals surface area contributed by atoms with Crippen molar-refractivity contribution in [2.24, 2.45) is 0 Å². The van der Waals surface area contributed by atoms with Gasteiger partial charge in [-0.15, -0.1) is 13.2 Å². The Morgan fingerprint density at radius 1 is 1.36 bits per heavy atom. The van der Waals surface area contributed by atoms with Gasteiger partial charge >= 0.3 is 6.36 Å². The van der Waals surface area contributed by atoms with Crippen molar-refractivity contribution in [1.29, 1.82) is 0 Å². The molecule has 2 N–H and O–H groups in total. The molecule has 0 amide bonds. The third-order valence-corrected chi connectivity index (χ3v) is 1.71. The zero-order valence-electron chi connectivity index (χ0n) is 6.40. The van der Waals surface area contributed by atoms with E-state index in [1.54, 1.807) is 0 Å². The Balaban J connectivity index is 3.09. The van der Waals surface area contributed by atoms with Gasteiger partial charge in [0.25, 0.3) is 0 Å². The number of alkyl halides is 3. The molecule has 3 nitrogen and oxygen atoms in total. The number of ether oxygens (including phenoxy) is 1. The third-order valence-electron chi connectivity index (χ3n) is 1.14. The zero-order chi connectivity index (χ0) is 10.9. The Labute approximate surface area is 86.6 Å². The highest BCUT2D eigenvalue weighted by atomic mass is 35.5. The first-order valence-electron chi connectivity index (χ1n) is 3.17. The molecule has 78 valence electrons. The summed E-state index contributed by atoms with van der Waals surface area (Å²) >= 11 is 10.8. The molecule has 0 aromatic carbocycles. The van der Waals surface area contributed by atoms with Crippen LogP contribution in [0.5, 0.6) is 5.88 Å². The van der Waals surface area contributed by atoms with Crippen LogP contribution in [0, 0.1) is 0 Å². The number of nitrogens with two attached hydrogens (primary N) is 1. The molecular weight excluding hydrogens is 244 g/mol. The van der Waals surface area contributed by atoms with Crippen LogP contribution in [0.3, 0.4) is 0 Å². The molecule has 14 heavy (non-hydrogen) atoms. The van der Waals surface area contributed by atoms with Crippen LogP contribution >= 0.6 is 23.2 Å². The lowest BCUT2D eigenvalue weighted by atomic mass is 10.4. The van der Waals surface area contributed by atoms with Crippen LogP contribution in [0.1, 0.15) is 0 Å². The zero-order valence-corrected chi connectivity index (χ0v) is 7.91. The van der Waals surface area contributed by atoms with Crippen LogP contribution < -0.4 is 10.5 Å². The second-order valence-electron chi connectivity index (χ2n) is 2.20. The molecule has 1 aromatic heterocycles. The first-order chi connectivity index (χ1) is 6.29. The van der Waals surface area contributed by atoms with Gasteiger partial charge in [-0.05, 0) is 0 Å². The van der Waals surface area contributed by atoms with Gasteiger partial charge in [0.05, 0.1) is 5.69 Å². The molecule has 0 aliphatic rings. The Morgan fingerprint density at radius 2 is 1.93 bits per heavy atom. The number of anilines is 1. The molecule has 0 saturated carbocycles. The normalized spacial score (nSPS) is 11.5. The number of hydrogen-bond acceptors (Lipinski definition) is 3. The molecule has 0 aliphatic carbocycles. The lowest BCUT2D eigenvalue weighted by Gasteiger charge is -2.10. The van der Waals surface area contributed by atoms with Crippen LogP contribution in [0.2, 0.25) is 10.2 Å². The Kier molecular flexibility index (Phi) is 2.96. The molecule has 0 radical (unpaired) electrons. The van der Waals surface area contributed by atoms with Gasteiger partial charge in [0.2, 0.25) is 5.88 Å². The third kappa shape index (κ3) is 2.81. The van der Waals surface area contributed by atoms with Gasteiger partial charge in [-0.3, -0.25) is 0 Å². The topological polar surface area (TPSA) is 48.1 Å². The quantitative estimate of drug-likeness (QED) is 0.776. The first-order valence-corrected chi connectivity index (χ1v) is 3.92. The fourth-order valence-corrected chi connectivity index (χ4v) is 1.00. The summed E-state index contributed by atoms with van der Waals surface area (Å²) in [4.78, 5) is 3.23. The molecule has 8 heteroatoms. The number of nitrogens with zero attached hydrogens (tertiary/aromatic N) is 1. The maximum absolute atomic E-state index is 11.8. The number of aromatic nitrogens is 1. The van der Waals surface area contributed by atoms with E-state index in [-0.39, 0.29) is 10.8 Å². The highest BCUT2D eigenvalue weighted by molar-refractivity contribution is 6.35. The Hall–Kier alpha value is -0.880. The lowest BCUT2D eigenvalue weighted by Crippen LogP contribution is -2.18. The molecule has 1 rings (SSSR count). The first kappa shape index (κ1) is 11.2. The highest BCUT2D eigenvalue weighted by Crippen LogP contribution is 2.33. The number of hydrogen-bond donors (Lipinski definition) is 1. The molecule has 1 aromatic rings. The van der Waals surface area contributed by atoms with Crippen molar-refractivity contribution < 1.29 is 17.9 Å². The predicted octanol–water partition coefficient (Wildman–Crippen LogP) is 2.87. The van der Waals surface area contributed by atoms with Crippen molar-refractivity contribution in [2.45, 2.75) is 6.36 Å². The van der Waals surface area contributed by atoms with Crippen molar-refractivity contribution in [3.05, 3.63) is 16.2 Å². The fraction of sp³-hybridized carbons (Fsp3) is 0.167. The highest BCUT2D eigenvalue weighted by Gasteiger charge is 2.33. The summed E-state index contributed by atoms with van der Waals surface area (Å²) in [6, 6.07) is 1.12. The van der Waals surface area contributed by atoms with Crippen LogP contribution in [0.15, 0.2) is 6.07 Å². The molecule has 0 saturated heterocycles. The maximum atomic E-state index is 11.8. The lowest BCUT2D eigenvalue weighted by molar-refractivity contribution is -0.276. The maximum Gasteiger partial charge on any atom is 0.574 e. The van der Waals surface area contributed by atoms with Gasteiger partial charge in [0.15, 0.2) is 0 Å². The van der Waals surface area contributed by atoms with Crippen molar-refractivity contribution in [3.63, 3.8) is 0 Å². The van der Waals surface area contributed by atoms with Crippen LogP contribution in [-0.2, 0) is 0 Å². The molecular formula is C6H3Cl2F3N2O. The van der Waals surface area contributed by atoms with Gasteiger partial charge in [-0.25, -0.2) is 0 Å². The SMILES string of the molecule is Nc1cc(Cl)nc(OC(F)(F)F)c1Cl. The number of rotatable bonds is 1. The van der Waals surface area contributed by atoms with E-state index < -0.39 is 17.3 Å². The minimum absolute atomic E-state index is 0.133. The van der Waals surface area contributed by atoms with E-state index in [9.17, 15) is 13.2 Å². The van der Waals surface area contributed by atoms with E-state index in [1.807, 2.05) is 0 Å². The molecule has 0 atom stereocenters. The molecule has 0 aliphatic heterocycles. The van der Waals surface area contributed by atoms with Crippen LogP contribution in [-0.4, -0.2) is 11.3 Å². The van der Waals surface area contributed by atoms with E-state index in [2.05, 4.69) is 9.72 Å². The summed E-state index contributed by atoms with van der Waals surface area (Å²) in [5.41, 5.74) is 5.10. The van der Waals surface area contributed by atoms with Gasteiger partial charge in [0.1, 0.15) is 10.2 Å². The predicted molar refractivity (Wildman–Crippen MR) is 45.4 cm³/mol. The second kappa shape index (κ2) is 3.70. The number of pyridine rings is 1. The number of nitrogen functional groups attached to an aromatic ring is 1. The molecule has 0 bridgehead atoms. The standard InChI is InChI=1S/C6H3Cl2F3N2O/c7-3-1-2(12)4(8)5(13-3)14-6(9,10)11/h1H,(H2,12,13). The summed E-state index contributed by atoms with van der Waals surface area (Å²) in [6.45, 7) is 0. The fourth-order valence-electron chi connectivity index (χ4n) is 0.671. The van der Waals surface area contributed by atoms with E-state index >= 15 is 0 Å². The van der Waals surface area contributed by atoms with E-state index in [0.717, 1.165) is 6.07 Å². The van der Waals surface area contributed by atoms with Gasteiger partial charge in [-0.1, -0.05) is 23.2 Å². The van der Waals surface area contributed by atoms with E-state index in [0.29, 0.717) is 0 Å². The van der Waals surface area contributed by atoms with Crippen molar-refractivity contribution in [2.75, 3.05) is 5.73 Å². The second-order valence-corrected chi connectivity index (χ2v) is 2.97. The van der Waals surface area contributed by atoms with E-state index in [1.165, 1.54) is 0 Å². The average molecular weight is 247 g/mol. The van der Waals surface area contributed by atoms with E-state index in [4.69, 9.17) is 28.9 Å². The summed E-state index contributed by atoms with van der Waals surface area (Å²) in [5, 5.41) is -0.655. The molecule has 0 unspecified atom stereocenters. The Bertz CT molecular complexity index is 356. The molecule has 0 spiro atoms. The average Bonchev–Trinajstić information content (AvgIpc) is 1.96. The summed E-state index contributed by atoms with van der Waals surface area (Å²) in [5.74, 6) is -0.857. The van der Waals surface area contributed by atoms with Gasteiger partial charge in [-0.2, -0.15) is 4.98 Å². The summed E-state index contributed by atoms with van der Waals surface area (Å²) < 4.78 is 38.8. The largest absolute Gasteiger partial charge is 0.574 e. The monoisotopic (exact) mass is 246 g/mol. The van der Waals surface area contributed by atoms with Crippen LogP contribution in [0.25, 0.3) is 0 Å². The number of halogens is 5. The smallest absolute Gasteiger partial charge is 0.397 e. The van der Waals surface area contributed by atoms with Crippen molar-refractivity contribution >= 4 is 28.9 Å². The molecule has 0 fully saturated rings. The Morgan fingerprint density at radius 3 is 2.43 bits per heavy atom. The van der Waals surface area contributed by atoms with Crippen molar-refractivity contribution in [1.82, 2.24) is 4.98 Å². The summed E-state index contributed by atoms with van der Waals surface area (Å²) in [6.07, 6.45) is -4.88. The molecule has 1 heterocycles. The van der Waals surface area contributed by atoms with Crippen molar-refractivity contribution in [3.8, 4) is 5.88 Å². The minimum atomic E-state index is -4.88. The summed E-state index contributed by atoms with van der Waals surface area (Å²) in [7, 11) is 0. The van der Waals surface area contributed by atoms with Gasteiger partial charge < -0.3 is 10.5 Å². The van der Waals surface area contributed by atoms with Gasteiger partial charge in [0, 0.05) is 6.07 Å².